The fourth-order valence-corrected chi connectivity index (χ4v) is 4.41. The number of anilines is 4. The second-order valence-corrected chi connectivity index (χ2v) is 11.3. The number of hydrogen-bond acceptors (Lipinski definition) is 9. The highest BCUT2D eigenvalue weighted by atomic mass is 79.9. The fourth-order valence-electron chi connectivity index (χ4n) is 4.31. The number of nitrogens with zero attached hydrogens (tertiary/aromatic N) is 3. The Morgan fingerprint density at radius 3 is 2.04 bits per heavy atom. The molecule has 0 unspecified atom stereocenters. The van der Waals surface area contributed by atoms with Crippen LogP contribution >= 0.6 is 15.9 Å². The van der Waals surface area contributed by atoms with Crippen LogP contribution in [0.2, 0.25) is 0 Å². The minimum atomic E-state index is -0.644. The van der Waals surface area contributed by atoms with Crippen LogP contribution in [0.4, 0.5) is 23.0 Å². The van der Waals surface area contributed by atoms with Crippen LogP contribution in [0.1, 0.15) is 70.9 Å². The first-order valence-electron chi connectivity index (χ1n) is 14.0. The van der Waals surface area contributed by atoms with E-state index in [-0.39, 0.29) is 57.8 Å². The van der Waals surface area contributed by atoms with Gasteiger partial charge in [-0.1, -0.05) is 11.7 Å². The molecule has 0 saturated carbocycles. The number of rotatable bonds is 12. The van der Waals surface area contributed by atoms with Gasteiger partial charge in [-0.25, -0.2) is 4.98 Å². The van der Waals surface area contributed by atoms with Crippen molar-refractivity contribution >= 4 is 74.3 Å². The summed E-state index contributed by atoms with van der Waals surface area (Å²) in [6.07, 6.45) is 3.06. The van der Waals surface area contributed by atoms with Gasteiger partial charge in [0.05, 0.1) is 21.6 Å². The molecule has 12 N–H and O–H groups in total. The lowest BCUT2D eigenvalue weighted by Crippen LogP contribution is -2.28. The minimum absolute atomic E-state index is 0.0285. The predicted molar refractivity (Wildman–Crippen MR) is 179 cm³/mol. The van der Waals surface area contributed by atoms with Crippen molar-refractivity contribution < 1.29 is 29.2 Å². The molecule has 4 aromatic rings. The van der Waals surface area contributed by atoms with E-state index in [1.165, 1.54) is 12.4 Å². The number of carbonyl (C=O) groups is 5. The molecule has 4 rings (SSSR count). The maximum absolute atomic E-state index is 13.1. The maximum Gasteiger partial charge on any atom is 0.291 e. The molecule has 0 aliphatic heterocycles. The highest BCUT2D eigenvalue weighted by Crippen LogP contribution is 2.24. The van der Waals surface area contributed by atoms with Gasteiger partial charge < -0.3 is 52.5 Å². The SMILES string of the molecule is C=C(Br)C(=O)Nc1n[nH]c(C(=O)Nc2nc(C(=O)Nc3c[nH]c(C(=O)Nc4c[nH]c(C(=O)NCCC(N)=NO)c4C)c3C)[nH]c2C)c1C. The molecule has 4 aromatic heterocycles. The third-order valence-corrected chi connectivity index (χ3v) is 7.43. The summed E-state index contributed by atoms with van der Waals surface area (Å²) >= 11 is 2.98. The number of aryl methyl sites for hydroxylation is 1. The molecule has 0 spiro atoms. The van der Waals surface area contributed by atoms with Gasteiger partial charge in [0, 0.05) is 42.0 Å². The molecule has 4 heterocycles. The van der Waals surface area contributed by atoms with E-state index >= 15 is 0 Å². The summed E-state index contributed by atoms with van der Waals surface area (Å²) in [5, 5.41) is 31.1. The van der Waals surface area contributed by atoms with Crippen molar-refractivity contribution in [1.82, 2.24) is 35.5 Å². The Bertz CT molecular complexity index is 1960. The van der Waals surface area contributed by atoms with E-state index in [9.17, 15) is 24.0 Å². The molecule has 0 fully saturated rings. The summed E-state index contributed by atoms with van der Waals surface area (Å²) in [5.41, 5.74) is 8.18. The summed E-state index contributed by atoms with van der Waals surface area (Å²) in [6, 6.07) is 0. The second-order valence-electron chi connectivity index (χ2n) is 10.4. The van der Waals surface area contributed by atoms with Gasteiger partial charge in [-0.2, -0.15) is 5.10 Å². The van der Waals surface area contributed by atoms with Crippen molar-refractivity contribution in [2.24, 2.45) is 10.9 Å². The number of carbonyl (C=O) groups excluding carboxylic acids is 5. The fraction of sp³-hybridized carbons (Fsp3) is 0.214. The van der Waals surface area contributed by atoms with E-state index < -0.39 is 29.5 Å². The van der Waals surface area contributed by atoms with Crippen LogP contribution < -0.4 is 32.3 Å². The summed E-state index contributed by atoms with van der Waals surface area (Å²) in [5.74, 6) is -2.66. The highest BCUT2D eigenvalue weighted by Gasteiger charge is 2.23. The van der Waals surface area contributed by atoms with Crippen molar-refractivity contribution in [1.29, 1.82) is 0 Å². The van der Waals surface area contributed by atoms with Crippen LogP contribution in [0.25, 0.3) is 0 Å². The summed E-state index contributed by atoms with van der Waals surface area (Å²) in [6.45, 7) is 10.1. The third-order valence-electron chi connectivity index (χ3n) is 7.07. The summed E-state index contributed by atoms with van der Waals surface area (Å²) in [4.78, 5) is 76.1. The molecular formula is C28H32BrN13O6. The number of oxime groups is 1. The van der Waals surface area contributed by atoms with E-state index in [1.54, 1.807) is 27.7 Å². The zero-order valence-corrected chi connectivity index (χ0v) is 27.6. The van der Waals surface area contributed by atoms with Gasteiger partial charge >= 0.3 is 0 Å². The van der Waals surface area contributed by atoms with Gasteiger partial charge in [-0.05, 0) is 43.6 Å². The minimum Gasteiger partial charge on any atom is -0.409 e. The Hall–Kier alpha value is -6.18. The van der Waals surface area contributed by atoms with E-state index in [1.807, 2.05) is 0 Å². The number of aromatic nitrogens is 6. The van der Waals surface area contributed by atoms with Crippen LogP contribution in [-0.4, -0.2) is 77.3 Å². The number of H-pyrrole nitrogens is 4. The Morgan fingerprint density at radius 2 is 1.44 bits per heavy atom. The lowest BCUT2D eigenvalue weighted by Gasteiger charge is -2.07. The van der Waals surface area contributed by atoms with E-state index in [2.05, 4.69) is 84.4 Å². The van der Waals surface area contributed by atoms with Crippen LogP contribution in [-0.2, 0) is 4.79 Å². The second kappa shape index (κ2) is 14.5. The first kappa shape index (κ1) is 34.7. The first-order valence-corrected chi connectivity index (χ1v) is 14.8. The van der Waals surface area contributed by atoms with Gasteiger partial charge in [0.25, 0.3) is 29.5 Å². The first-order chi connectivity index (χ1) is 22.7. The van der Waals surface area contributed by atoms with Crippen molar-refractivity contribution in [2.75, 3.05) is 27.8 Å². The van der Waals surface area contributed by atoms with E-state index in [4.69, 9.17) is 10.9 Å². The van der Waals surface area contributed by atoms with Crippen LogP contribution in [0.15, 0.2) is 28.6 Å². The molecule has 0 aliphatic rings. The molecule has 0 atom stereocenters. The highest BCUT2D eigenvalue weighted by molar-refractivity contribution is 9.12. The number of imidazole rings is 1. The number of halogens is 1. The summed E-state index contributed by atoms with van der Waals surface area (Å²) in [7, 11) is 0. The monoisotopic (exact) mass is 725 g/mol. The van der Waals surface area contributed by atoms with Crippen LogP contribution in [0, 0.1) is 27.7 Å². The molecule has 0 saturated heterocycles. The Balaban J connectivity index is 1.38. The average molecular weight is 727 g/mol. The van der Waals surface area contributed by atoms with E-state index in [0.29, 0.717) is 33.8 Å². The molecule has 252 valence electrons. The predicted octanol–water partition coefficient (Wildman–Crippen LogP) is 2.49. The molecule has 5 amide bonds. The van der Waals surface area contributed by atoms with Crippen molar-refractivity contribution in [2.45, 2.75) is 34.1 Å². The van der Waals surface area contributed by atoms with Gasteiger partial charge in [0.1, 0.15) is 22.9 Å². The number of nitrogens with two attached hydrogens (primary N) is 1. The normalized spacial score (nSPS) is 11.1. The lowest BCUT2D eigenvalue weighted by atomic mass is 10.2. The molecule has 0 radical (unpaired) electrons. The molecular weight excluding hydrogens is 694 g/mol. The molecule has 0 bridgehead atoms. The number of amidine groups is 1. The third kappa shape index (κ3) is 7.61. The van der Waals surface area contributed by atoms with E-state index in [0.717, 1.165) is 0 Å². The Morgan fingerprint density at radius 1 is 0.854 bits per heavy atom. The maximum atomic E-state index is 13.1. The zero-order chi connectivity index (χ0) is 35.3. The standard InChI is InChI=1S/C28H32BrN13O6/c1-10-15(8-32-18(10)25(44)31-7-6-17(30)42-48)35-26(45)19-11(2)16(9-33-19)36-28(47)23-34-14(5)22(37-23)39-27(46)20-12(3)21(41-40-20)38-24(43)13(4)29/h8-9,32-33,48H,4,6-7H2,1-3,5H3,(H2,30,42)(H,31,44)(H,34,37)(H,35,45)(H,36,47)(H,39,46)(H2,38,40,41,43). The number of nitrogens with one attached hydrogen (secondary N) is 9. The molecule has 20 heteroatoms. The Labute approximate surface area is 280 Å². The van der Waals surface area contributed by atoms with Crippen LogP contribution in [0.5, 0.6) is 0 Å². The van der Waals surface area contributed by atoms with Crippen molar-refractivity contribution in [3.8, 4) is 0 Å². The lowest BCUT2D eigenvalue weighted by molar-refractivity contribution is -0.112. The van der Waals surface area contributed by atoms with Gasteiger partial charge in [-0.15, -0.1) is 0 Å². The number of aromatic amines is 4. The molecule has 19 nitrogen and oxygen atoms in total. The molecule has 48 heavy (non-hydrogen) atoms. The Kier molecular flexibility index (Phi) is 10.5. The smallest absolute Gasteiger partial charge is 0.291 e. The van der Waals surface area contributed by atoms with Gasteiger partial charge in [0.15, 0.2) is 17.5 Å². The molecule has 0 aromatic carbocycles. The largest absolute Gasteiger partial charge is 0.409 e. The average Bonchev–Trinajstić information content (AvgIpc) is 3.80. The summed E-state index contributed by atoms with van der Waals surface area (Å²) < 4.78 is 0.0855. The zero-order valence-electron chi connectivity index (χ0n) is 26.1. The van der Waals surface area contributed by atoms with Crippen molar-refractivity contribution in [3.05, 3.63) is 68.7 Å². The van der Waals surface area contributed by atoms with Crippen molar-refractivity contribution in [3.63, 3.8) is 0 Å². The molecule has 0 aliphatic carbocycles. The van der Waals surface area contributed by atoms with Gasteiger partial charge in [-0.3, -0.25) is 29.1 Å². The quantitative estimate of drug-likeness (QED) is 0.0336. The number of amides is 5. The topological polar surface area (TPSA) is 293 Å². The van der Waals surface area contributed by atoms with Gasteiger partial charge in [0.2, 0.25) is 0 Å². The van der Waals surface area contributed by atoms with Crippen LogP contribution in [0.3, 0.4) is 0 Å². The number of hydrogen-bond donors (Lipinski definition) is 11.